The molecule has 0 unspecified atom stereocenters. The molecule has 0 bridgehead atoms. The molecule has 0 N–H and O–H groups in total. The van der Waals surface area contributed by atoms with Crippen LogP contribution in [0.15, 0.2) is 168 Å². The second-order valence-electron chi connectivity index (χ2n) is 13.8. The highest BCUT2D eigenvalue weighted by Crippen LogP contribution is 2.50. The number of hydrogen-bond acceptors (Lipinski definition) is 2. The van der Waals surface area contributed by atoms with Crippen molar-refractivity contribution in [2.45, 2.75) is 19.3 Å². The highest BCUT2D eigenvalue weighted by Gasteiger charge is 2.35. The maximum atomic E-state index is 6.30. The van der Waals surface area contributed by atoms with Gasteiger partial charge in [0.2, 0.25) is 0 Å². The van der Waals surface area contributed by atoms with Crippen LogP contribution in [0.25, 0.3) is 65.7 Å². The molecule has 8 aromatic carbocycles. The Kier molecular flexibility index (Phi) is 5.95. The summed E-state index contributed by atoms with van der Waals surface area (Å²) >= 11 is 0. The van der Waals surface area contributed by atoms with Crippen molar-refractivity contribution in [3.8, 4) is 22.3 Å². The molecule has 0 amide bonds. The number of anilines is 3. The van der Waals surface area contributed by atoms with Crippen LogP contribution in [0.5, 0.6) is 0 Å². The van der Waals surface area contributed by atoms with E-state index in [4.69, 9.17) is 4.42 Å². The van der Waals surface area contributed by atoms with Crippen molar-refractivity contribution < 1.29 is 4.42 Å². The van der Waals surface area contributed by atoms with Gasteiger partial charge in [-0.3, -0.25) is 0 Å². The zero-order chi connectivity index (χ0) is 32.7. The van der Waals surface area contributed by atoms with E-state index in [-0.39, 0.29) is 5.41 Å². The highest BCUT2D eigenvalue weighted by molar-refractivity contribution is 6.10. The molecular formula is C47H33NO. The minimum Gasteiger partial charge on any atom is -0.456 e. The first kappa shape index (κ1) is 27.9. The number of rotatable bonds is 4. The summed E-state index contributed by atoms with van der Waals surface area (Å²) in [5.74, 6) is 0. The molecule has 0 saturated carbocycles. The van der Waals surface area contributed by atoms with Gasteiger partial charge < -0.3 is 9.32 Å². The van der Waals surface area contributed by atoms with Gasteiger partial charge in [0.1, 0.15) is 11.2 Å². The first-order valence-corrected chi connectivity index (χ1v) is 17.0. The fourth-order valence-corrected chi connectivity index (χ4v) is 8.05. The lowest BCUT2D eigenvalue weighted by Gasteiger charge is -2.28. The third-order valence-electron chi connectivity index (χ3n) is 10.6. The average Bonchev–Trinajstić information content (AvgIpc) is 3.62. The van der Waals surface area contributed by atoms with Crippen LogP contribution >= 0.6 is 0 Å². The quantitative estimate of drug-likeness (QED) is 0.193. The molecule has 0 spiro atoms. The number of furan rings is 1. The fourth-order valence-electron chi connectivity index (χ4n) is 8.05. The standard InChI is InChI=1S/C47H33NO/c1-47(2)43-13-7-5-11-39(43)40-24-23-38(29-44(40)47)48(36-20-17-31(18-21-36)33-16-15-30-9-3-4-10-32(30)25-33)37-22-19-34-27-42-41-12-6-8-14-45(41)49-46(42)28-35(34)26-37/h3-29H,1-2H3. The second kappa shape index (κ2) is 10.4. The van der Waals surface area contributed by atoms with Crippen LogP contribution < -0.4 is 4.90 Å². The van der Waals surface area contributed by atoms with Crippen LogP contribution in [0.4, 0.5) is 17.1 Å². The Hall–Kier alpha value is -6.12. The van der Waals surface area contributed by atoms with Crippen LogP contribution in [-0.4, -0.2) is 0 Å². The van der Waals surface area contributed by atoms with E-state index in [2.05, 4.69) is 170 Å². The molecule has 0 aliphatic heterocycles. The summed E-state index contributed by atoms with van der Waals surface area (Å²) in [6, 6.07) is 59.6. The molecule has 2 heteroatoms. The zero-order valence-corrected chi connectivity index (χ0v) is 27.4. The lowest BCUT2D eigenvalue weighted by atomic mass is 9.82. The summed E-state index contributed by atoms with van der Waals surface area (Å²) < 4.78 is 6.30. The van der Waals surface area contributed by atoms with Gasteiger partial charge in [-0.1, -0.05) is 117 Å². The Balaban J connectivity index is 1.13. The lowest BCUT2D eigenvalue weighted by molar-refractivity contribution is 0.660. The predicted octanol–water partition coefficient (Wildman–Crippen LogP) is 13.3. The summed E-state index contributed by atoms with van der Waals surface area (Å²) in [6.07, 6.45) is 0. The van der Waals surface area contributed by atoms with Crippen molar-refractivity contribution in [3.63, 3.8) is 0 Å². The monoisotopic (exact) mass is 627 g/mol. The molecule has 0 fully saturated rings. The molecule has 1 aromatic heterocycles. The van der Waals surface area contributed by atoms with Gasteiger partial charge in [0.25, 0.3) is 0 Å². The maximum Gasteiger partial charge on any atom is 0.136 e. The molecule has 2 nitrogen and oxygen atoms in total. The van der Waals surface area contributed by atoms with Crippen molar-refractivity contribution >= 4 is 60.5 Å². The van der Waals surface area contributed by atoms with Crippen molar-refractivity contribution in [1.29, 1.82) is 0 Å². The number of fused-ring (bicyclic) bond motifs is 8. The van der Waals surface area contributed by atoms with Crippen molar-refractivity contribution in [2.24, 2.45) is 0 Å². The lowest BCUT2D eigenvalue weighted by Crippen LogP contribution is -2.16. The molecular weight excluding hydrogens is 595 g/mol. The van der Waals surface area contributed by atoms with Gasteiger partial charge in [-0.05, 0) is 116 Å². The van der Waals surface area contributed by atoms with E-state index in [9.17, 15) is 0 Å². The van der Waals surface area contributed by atoms with Gasteiger partial charge >= 0.3 is 0 Å². The molecule has 10 rings (SSSR count). The predicted molar refractivity (Wildman–Crippen MR) is 206 cm³/mol. The Morgan fingerprint density at radius 1 is 0.408 bits per heavy atom. The summed E-state index contributed by atoms with van der Waals surface area (Å²) in [5, 5.41) is 7.15. The van der Waals surface area contributed by atoms with Crippen molar-refractivity contribution in [1.82, 2.24) is 0 Å². The van der Waals surface area contributed by atoms with Crippen molar-refractivity contribution in [2.75, 3.05) is 4.90 Å². The van der Waals surface area contributed by atoms with Gasteiger partial charge in [-0.25, -0.2) is 0 Å². The van der Waals surface area contributed by atoms with E-state index in [1.54, 1.807) is 0 Å². The topological polar surface area (TPSA) is 16.4 Å². The highest BCUT2D eigenvalue weighted by atomic mass is 16.3. The molecule has 1 aliphatic carbocycles. The van der Waals surface area contributed by atoms with E-state index < -0.39 is 0 Å². The SMILES string of the molecule is CC1(C)c2ccccc2-c2ccc(N(c3ccc(-c4ccc5ccccc5c4)cc3)c3ccc4cc5c(cc4c3)oc3ccccc35)cc21. The van der Waals surface area contributed by atoms with Crippen molar-refractivity contribution in [3.05, 3.63) is 175 Å². The molecule has 0 atom stereocenters. The van der Waals surface area contributed by atoms with E-state index in [0.29, 0.717) is 0 Å². The average molecular weight is 628 g/mol. The first-order valence-electron chi connectivity index (χ1n) is 17.0. The molecule has 232 valence electrons. The van der Waals surface area contributed by atoms with Gasteiger partial charge in [-0.2, -0.15) is 0 Å². The molecule has 49 heavy (non-hydrogen) atoms. The van der Waals surface area contributed by atoms with E-state index in [1.165, 1.54) is 49.5 Å². The third-order valence-corrected chi connectivity index (χ3v) is 10.6. The molecule has 9 aromatic rings. The van der Waals surface area contributed by atoms with Crippen LogP contribution in [-0.2, 0) is 5.41 Å². The van der Waals surface area contributed by atoms with Gasteiger partial charge in [0.15, 0.2) is 0 Å². The van der Waals surface area contributed by atoms with Crippen LogP contribution in [0.2, 0.25) is 0 Å². The maximum absolute atomic E-state index is 6.30. The smallest absolute Gasteiger partial charge is 0.136 e. The second-order valence-corrected chi connectivity index (χ2v) is 13.8. The Morgan fingerprint density at radius 2 is 1.06 bits per heavy atom. The zero-order valence-electron chi connectivity index (χ0n) is 27.4. The van der Waals surface area contributed by atoms with E-state index in [0.717, 1.165) is 44.4 Å². The minimum atomic E-state index is -0.0934. The molecule has 0 saturated heterocycles. The molecule has 1 heterocycles. The largest absolute Gasteiger partial charge is 0.456 e. The Bertz CT molecular complexity index is 2750. The molecule has 0 radical (unpaired) electrons. The van der Waals surface area contributed by atoms with Crippen LogP contribution in [0.1, 0.15) is 25.0 Å². The summed E-state index contributed by atoms with van der Waals surface area (Å²) in [6.45, 7) is 4.69. The summed E-state index contributed by atoms with van der Waals surface area (Å²) in [5.41, 5.74) is 12.9. The minimum absolute atomic E-state index is 0.0934. The Morgan fingerprint density at radius 3 is 1.96 bits per heavy atom. The van der Waals surface area contributed by atoms with E-state index >= 15 is 0 Å². The summed E-state index contributed by atoms with van der Waals surface area (Å²) in [7, 11) is 0. The summed E-state index contributed by atoms with van der Waals surface area (Å²) in [4.78, 5) is 2.39. The van der Waals surface area contributed by atoms with Gasteiger partial charge in [0.05, 0.1) is 0 Å². The van der Waals surface area contributed by atoms with E-state index in [1.807, 2.05) is 12.1 Å². The molecule has 1 aliphatic rings. The number of nitrogens with zero attached hydrogens (tertiary/aromatic N) is 1. The number of para-hydroxylation sites is 1. The fraction of sp³-hybridized carbons (Fsp3) is 0.0638. The Labute approximate surface area is 285 Å². The third kappa shape index (κ3) is 4.34. The van der Waals surface area contributed by atoms with Crippen LogP contribution in [0.3, 0.4) is 0 Å². The van der Waals surface area contributed by atoms with Gasteiger partial charge in [-0.15, -0.1) is 0 Å². The van der Waals surface area contributed by atoms with Crippen LogP contribution in [0, 0.1) is 0 Å². The number of benzene rings is 8. The number of hydrogen-bond donors (Lipinski definition) is 0. The first-order chi connectivity index (χ1) is 24.0. The van der Waals surface area contributed by atoms with Gasteiger partial charge in [0, 0.05) is 33.2 Å². The normalized spacial score (nSPS) is 13.3.